The van der Waals surface area contributed by atoms with Gasteiger partial charge in [-0.2, -0.15) is 0 Å². The Labute approximate surface area is 175 Å². The van der Waals surface area contributed by atoms with Crippen LogP contribution in [0.2, 0.25) is 0 Å². The number of nitrogens with zero attached hydrogens (tertiary/aromatic N) is 2. The Balaban J connectivity index is 1.47. The Morgan fingerprint density at radius 2 is 1.97 bits per heavy atom. The zero-order valence-electron chi connectivity index (χ0n) is 17.2. The van der Waals surface area contributed by atoms with Crippen molar-refractivity contribution in [2.75, 3.05) is 13.7 Å². The zero-order chi connectivity index (χ0) is 20.5. The van der Waals surface area contributed by atoms with Crippen molar-refractivity contribution in [2.24, 2.45) is 5.92 Å². The molecule has 4 rings (SSSR count). The van der Waals surface area contributed by atoms with Crippen LogP contribution in [0.4, 0.5) is 0 Å². The standard InChI is InChI=1S/C23H26N2O3S/c1-14-9-20-23(29-13-24-20)21(10-14)28-16(3)18-11-22(26)25(12-18)15(2)17-5-7-19(27-4)8-6-17/h5-10,13,15-16,18H,11-12H2,1-4H3/t15-,16-,18-/m1/s1. The van der Waals surface area contributed by atoms with E-state index >= 15 is 0 Å². The number of carbonyl (C=O) groups excluding carboxylic acids is 1. The van der Waals surface area contributed by atoms with Gasteiger partial charge in [-0.3, -0.25) is 4.79 Å². The monoisotopic (exact) mass is 410 g/mol. The second-order valence-corrected chi connectivity index (χ2v) is 8.60. The number of carbonyl (C=O) groups is 1. The van der Waals surface area contributed by atoms with Gasteiger partial charge in [0.15, 0.2) is 0 Å². The SMILES string of the molecule is COc1ccc([C@@H](C)N2C[C@H]([C@@H](C)Oc3cc(C)cc4ncsc34)CC2=O)cc1. The van der Waals surface area contributed by atoms with Crippen molar-refractivity contribution in [1.29, 1.82) is 0 Å². The molecule has 1 fully saturated rings. The maximum Gasteiger partial charge on any atom is 0.223 e. The van der Waals surface area contributed by atoms with Crippen LogP contribution in [0.15, 0.2) is 41.9 Å². The number of thiazole rings is 1. The zero-order valence-corrected chi connectivity index (χ0v) is 18.0. The Hall–Kier alpha value is -2.60. The lowest BCUT2D eigenvalue weighted by atomic mass is 10.0. The van der Waals surface area contributed by atoms with Gasteiger partial charge in [0.1, 0.15) is 17.6 Å². The second-order valence-electron chi connectivity index (χ2n) is 7.75. The predicted molar refractivity (Wildman–Crippen MR) is 116 cm³/mol. The molecule has 2 aromatic carbocycles. The first-order valence-electron chi connectivity index (χ1n) is 9.90. The lowest BCUT2D eigenvalue weighted by Gasteiger charge is -2.27. The highest BCUT2D eigenvalue weighted by atomic mass is 32.1. The fraction of sp³-hybridized carbons (Fsp3) is 0.391. The fourth-order valence-corrected chi connectivity index (χ4v) is 4.69. The van der Waals surface area contributed by atoms with Crippen LogP contribution in [0.3, 0.4) is 0 Å². The molecule has 0 aliphatic carbocycles. The average Bonchev–Trinajstić information content (AvgIpc) is 3.34. The molecule has 1 saturated heterocycles. The maximum absolute atomic E-state index is 12.7. The van der Waals surface area contributed by atoms with E-state index in [9.17, 15) is 4.79 Å². The second kappa shape index (κ2) is 8.03. The van der Waals surface area contributed by atoms with Gasteiger partial charge in [0.05, 0.1) is 28.9 Å². The molecule has 5 nitrogen and oxygen atoms in total. The fourth-order valence-electron chi connectivity index (χ4n) is 3.97. The minimum absolute atomic E-state index is 0.0257. The molecule has 3 atom stereocenters. The molecule has 1 aromatic heterocycles. The van der Waals surface area contributed by atoms with Crippen molar-refractivity contribution < 1.29 is 14.3 Å². The number of hydrogen-bond donors (Lipinski definition) is 0. The summed E-state index contributed by atoms with van der Waals surface area (Å²) in [4.78, 5) is 19.1. The summed E-state index contributed by atoms with van der Waals surface area (Å²) in [7, 11) is 1.66. The van der Waals surface area contributed by atoms with Crippen molar-refractivity contribution >= 4 is 27.5 Å². The van der Waals surface area contributed by atoms with Crippen molar-refractivity contribution in [3.63, 3.8) is 0 Å². The van der Waals surface area contributed by atoms with Gasteiger partial charge < -0.3 is 14.4 Å². The summed E-state index contributed by atoms with van der Waals surface area (Å²) >= 11 is 1.59. The van der Waals surface area contributed by atoms with Crippen molar-refractivity contribution in [3.8, 4) is 11.5 Å². The third kappa shape index (κ3) is 3.94. The van der Waals surface area contributed by atoms with Crippen molar-refractivity contribution in [1.82, 2.24) is 9.88 Å². The molecule has 6 heteroatoms. The van der Waals surface area contributed by atoms with Crippen LogP contribution in [-0.2, 0) is 4.79 Å². The molecule has 29 heavy (non-hydrogen) atoms. The highest BCUT2D eigenvalue weighted by Crippen LogP contribution is 2.35. The quantitative estimate of drug-likeness (QED) is 0.574. The maximum atomic E-state index is 12.7. The molecular weight excluding hydrogens is 384 g/mol. The number of methoxy groups -OCH3 is 1. The van der Waals surface area contributed by atoms with Gasteiger partial charge >= 0.3 is 0 Å². The van der Waals surface area contributed by atoms with E-state index in [2.05, 4.69) is 31.0 Å². The highest BCUT2D eigenvalue weighted by Gasteiger charge is 2.37. The third-order valence-electron chi connectivity index (χ3n) is 5.77. The van der Waals surface area contributed by atoms with Crippen LogP contribution in [0.25, 0.3) is 10.2 Å². The molecule has 0 N–H and O–H groups in total. The van der Waals surface area contributed by atoms with Gasteiger partial charge in [-0.15, -0.1) is 11.3 Å². The molecule has 0 unspecified atom stereocenters. The number of benzene rings is 2. The molecular formula is C23H26N2O3S. The minimum Gasteiger partial charge on any atom is -0.497 e. The molecule has 1 amide bonds. The summed E-state index contributed by atoms with van der Waals surface area (Å²) < 4.78 is 12.6. The number of hydrogen-bond acceptors (Lipinski definition) is 5. The molecule has 0 saturated carbocycles. The number of amides is 1. The van der Waals surface area contributed by atoms with Gasteiger partial charge in [0.2, 0.25) is 5.91 Å². The lowest BCUT2D eigenvalue weighted by Crippen LogP contribution is -2.31. The van der Waals surface area contributed by atoms with E-state index in [0.717, 1.165) is 32.8 Å². The van der Waals surface area contributed by atoms with Crippen molar-refractivity contribution in [2.45, 2.75) is 39.3 Å². The first kappa shape index (κ1) is 19.7. The Morgan fingerprint density at radius 1 is 1.21 bits per heavy atom. The van der Waals surface area contributed by atoms with Crippen LogP contribution in [-0.4, -0.2) is 35.5 Å². The number of fused-ring (bicyclic) bond motifs is 1. The minimum atomic E-state index is -0.0564. The molecule has 152 valence electrons. The van der Waals surface area contributed by atoms with E-state index in [0.29, 0.717) is 13.0 Å². The van der Waals surface area contributed by atoms with E-state index in [-0.39, 0.29) is 24.0 Å². The summed E-state index contributed by atoms with van der Waals surface area (Å²) in [6.07, 6.45) is 0.457. The first-order valence-corrected chi connectivity index (χ1v) is 10.8. The molecule has 0 spiro atoms. The van der Waals surface area contributed by atoms with Crippen LogP contribution in [0.1, 0.15) is 37.4 Å². The van der Waals surface area contributed by atoms with Gasteiger partial charge in [0.25, 0.3) is 0 Å². The van der Waals surface area contributed by atoms with Crippen molar-refractivity contribution in [3.05, 3.63) is 53.0 Å². The smallest absolute Gasteiger partial charge is 0.223 e. The van der Waals surface area contributed by atoms with Crippen LogP contribution < -0.4 is 9.47 Å². The molecule has 0 radical (unpaired) electrons. The Bertz CT molecular complexity index is 1010. The number of likely N-dealkylation sites (tertiary alicyclic amines) is 1. The summed E-state index contributed by atoms with van der Waals surface area (Å²) in [5, 5.41) is 0. The Morgan fingerprint density at radius 3 is 2.69 bits per heavy atom. The third-order valence-corrected chi connectivity index (χ3v) is 6.63. The molecule has 0 bridgehead atoms. The summed E-state index contributed by atoms with van der Waals surface area (Å²) in [5.41, 5.74) is 5.05. The molecule has 1 aliphatic heterocycles. The van der Waals surface area contributed by atoms with E-state index < -0.39 is 0 Å². The van der Waals surface area contributed by atoms with E-state index in [1.54, 1.807) is 18.4 Å². The molecule has 2 heterocycles. The van der Waals surface area contributed by atoms with Crippen LogP contribution >= 0.6 is 11.3 Å². The van der Waals surface area contributed by atoms with Gasteiger partial charge in [-0.25, -0.2) is 4.98 Å². The highest BCUT2D eigenvalue weighted by molar-refractivity contribution is 7.17. The van der Waals surface area contributed by atoms with Gasteiger partial charge in [0, 0.05) is 18.9 Å². The van der Waals surface area contributed by atoms with Crippen LogP contribution in [0, 0.1) is 12.8 Å². The number of rotatable bonds is 6. The average molecular weight is 411 g/mol. The lowest BCUT2D eigenvalue weighted by molar-refractivity contribution is -0.129. The number of aryl methyl sites for hydroxylation is 1. The number of aromatic nitrogens is 1. The van der Waals surface area contributed by atoms with Gasteiger partial charge in [-0.1, -0.05) is 12.1 Å². The predicted octanol–water partition coefficient (Wildman–Crippen LogP) is 4.99. The van der Waals surface area contributed by atoms with E-state index in [4.69, 9.17) is 9.47 Å². The first-order chi connectivity index (χ1) is 14.0. The van der Waals surface area contributed by atoms with Crippen LogP contribution in [0.5, 0.6) is 11.5 Å². The van der Waals surface area contributed by atoms with E-state index in [1.807, 2.05) is 41.6 Å². The summed E-state index contributed by atoms with van der Waals surface area (Å²) in [5.74, 6) is 2.03. The summed E-state index contributed by atoms with van der Waals surface area (Å²) in [6, 6.07) is 12.1. The van der Waals surface area contributed by atoms with E-state index in [1.165, 1.54) is 0 Å². The topological polar surface area (TPSA) is 51.7 Å². The van der Waals surface area contributed by atoms with Gasteiger partial charge in [-0.05, 0) is 56.2 Å². The largest absolute Gasteiger partial charge is 0.497 e. The number of ether oxygens (including phenoxy) is 2. The Kier molecular flexibility index (Phi) is 5.46. The normalized spacial score (nSPS) is 18.8. The summed E-state index contributed by atoms with van der Waals surface area (Å²) in [6.45, 7) is 6.89. The molecule has 3 aromatic rings. The molecule has 1 aliphatic rings.